The highest BCUT2D eigenvalue weighted by atomic mass is 16.5. The van der Waals surface area contributed by atoms with Crippen molar-refractivity contribution in [3.05, 3.63) is 42.1 Å². The molecule has 0 unspecified atom stereocenters. The Morgan fingerprint density at radius 1 is 1.21 bits per heavy atom. The molecule has 2 aromatic heterocycles. The molecule has 1 aromatic carbocycles. The Balaban J connectivity index is 2.17. The Labute approximate surface area is 169 Å². The third-order valence-corrected chi connectivity index (χ3v) is 4.10. The zero-order valence-electron chi connectivity index (χ0n) is 16.9. The summed E-state index contributed by atoms with van der Waals surface area (Å²) >= 11 is 0. The molecule has 5 N–H and O–H groups in total. The number of nitrogens with two attached hydrogens (primary N) is 2. The van der Waals surface area contributed by atoms with Gasteiger partial charge in [-0.2, -0.15) is 10.1 Å². The maximum atomic E-state index is 12.4. The zero-order chi connectivity index (χ0) is 21.2. The van der Waals surface area contributed by atoms with Gasteiger partial charge in [-0.25, -0.2) is 9.67 Å². The molecular formula is C20H25N7O2. The number of anilines is 3. The lowest BCUT2D eigenvalue weighted by Gasteiger charge is -2.23. The van der Waals surface area contributed by atoms with Crippen LogP contribution in [0.2, 0.25) is 0 Å². The summed E-state index contributed by atoms with van der Waals surface area (Å²) in [5, 5.41) is 7.87. The summed E-state index contributed by atoms with van der Waals surface area (Å²) in [6.07, 6.45) is 1.57. The van der Waals surface area contributed by atoms with E-state index in [1.165, 1.54) is 0 Å². The van der Waals surface area contributed by atoms with Crippen LogP contribution >= 0.6 is 0 Å². The summed E-state index contributed by atoms with van der Waals surface area (Å²) in [6.45, 7) is 8.23. The molecule has 0 fully saturated rings. The van der Waals surface area contributed by atoms with Crippen molar-refractivity contribution in [2.24, 2.45) is 5.73 Å². The van der Waals surface area contributed by atoms with Crippen LogP contribution in [0.3, 0.4) is 0 Å². The van der Waals surface area contributed by atoms with Gasteiger partial charge in [0.2, 0.25) is 0 Å². The molecule has 0 spiro atoms. The Morgan fingerprint density at radius 2 is 1.90 bits per heavy atom. The topological polar surface area (TPSA) is 134 Å². The summed E-state index contributed by atoms with van der Waals surface area (Å²) in [7, 11) is 0. The van der Waals surface area contributed by atoms with Crippen LogP contribution in [0.25, 0.3) is 11.3 Å². The van der Waals surface area contributed by atoms with Gasteiger partial charge >= 0.3 is 6.01 Å². The van der Waals surface area contributed by atoms with E-state index in [1.807, 2.05) is 27.7 Å². The third-order valence-electron chi connectivity index (χ3n) is 4.10. The first kappa shape index (κ1) is 20.1. The fourth-order valence-electron chi connectivity index (χ4n) is 2.83. The van der Waals surface area contributed by atoms with E-state index in [2.05, 4.69) is 15.3 Å². The maximum absolute atomic E-state index is 12.4. The molecule has 0 radical (unpaired) electrons. The number of nitrogen functional groups attached to an aromatic ring is 1. The van der Waals surface area contributed by atoms with Crippen molar-refractivity contribution < 1.29 is 9.53 Å². The van der Waals surface area contributed by atoms with Crippen LogP contribution in [-0.4, -0.2) is 32.3 Å². The Hall–Kier alpha value is -3.62. The number of primary amides is 1. The van der Waals surface area contributed by atoms with Gasteiger partial charge in [0.1, 0.15) is 22.9 Å². The van der Waals surface area contributed by atoms with Gasteiger partial charge in [-0.1, -0.05) is 12.1 Å². The highest BCUT2D eigenvalue weighted by molar-refractivity contribution is 6.04. The van der Waals surface area contributed by atoms with Gasteiger partial charge in [-0.05, 0) is 45.9 Å². The molecule has 1 amide bonds. The van der Waals surface area contributed by atoms with E-state index in [0.717, 1.165) is 5.56 Å². The molecule has 3 rings (SSSR count). The van der Waals surface area contributed by atoms with Crippen LogP contribution in [-0.2, 0) is 5.54 Å². The lowest BCUT2D eigenvalue weighted by molar-refractivity contribution is 0.100. The fraction of sp³-hybridized carbons (Fsp3) is 0.300. The zero-order valence-corrected chi connectivity index (χ0v) is 16.9. The van der Waals surface area contributed by atoms with E-state index in [4.69, 9.17) is 21.3 Å². The predicted octanol–water partition coefficient (Wildman–Crippen LogP) is 2.92. The fourth-order valence-corrected chi connectivity index (χ4v) is 2.83. The normalized spacial score (nSPS) is 11.3. The minimum Gasteiger partial charge on any atom is -0.464 e. The minimum atomic E-state index is -0.603. The number of nitrogens with one attached hydrogen (secondary N) is 1. The molecule has 9 heteroatoms. The molecule has 2 heterocycles. The van der Waals surface area contributed by atoms with Crippen LogP contribution in [0.4, 0.5) is 17.3 Å². The van der Waals surface area contributed by atoms with Gasteiger partial charge in [0.25, 0.3) is 5.91 Å². The number of carbonyl (C=O) groups is 1. The molecule has 29 heavy (non-hydrogen) atoms. The smallest absolute Gasteiger partial charge is 0.318 e. The number of hydrogen-bond donors (Lipinski definition) is 3. The van der Waals surface area contributed by atoms with Gasteiger partial charge in [0.05, 0.1) is 12.1 Å². The number of ether oxygens (including phenoxy) is 1. The number of hydrogen-bond acceptors (Lipinski definition) is 7. The molecule has 3 aromatic rings. The number of carbonyl (C=O) groups excluding carboxylic acids is 1. The monoisotopic (exact) mass is 395 g/mol. The molecule has 9 nitrogen and oxygen atoms in total. The second kappa shape index (κ2) is 7.78. The van der Waals surface area contributed by atoms with Crippen molar-refractivity contribution >= 4 is 23.2 Å². The molecule has 0 saturated heterocycles. The van der Waals surface area contributed by atoms with Gasteiger partial charge in [0.15, 0.2) is 0 Å². The summed E-state index contributed by atoms with van der Waals surface area (Å²) in [4.78, 5) is 20.8. The van der Waals surface area contributed by atoms with Gasteiger partial charge in [-0.3, -0.25) is 4.79 Å². The van der Waals surface area contributed by atoms with Crippen molar-refractivity contribution in [1.29, 1.82) is 0 Å². The molecule has 0 atom stereocenters. The van der Waals surface area contributed by atoms with Crippen LogP contribution in [0, 0.1) is 0 Å². The molecule has 0 aliphatic rings. The Kier molecular flexibility index (Phi) is 5.40. The quantitative estimate of drug-likeness (QED) is 0.546. The average Bonchev–Trinajstić information content (AvgIpc) is 3.02. The van der Waals surface area contributed by atoms with Crippen LogP contribution < -0.4 is 21.5 Å². The van der Waals surface area contributed by atoms with Gasteiger partial charge in [0, 0.05) is 17.4 Å². The van der Waals surface area contributed by atoms with Gasteiger partial charge in [-0.15, -0.1) is 0 Å². The van der Waals surface area contributed by atoms with E-state index in [1.54, 1.807) is 41.2 Å². The lowest BCUT2D eigenvalue weighted by atomic mass is 10.1. The molecule has 0 bridgehead atoms. The first-order valence-corrected chi connectivity index (χ1v) is 9.22. The standard InChI is InChI=1S/C20H25N7O2/c1-5-29-19-23-11-10-14(25-19)24-18-15(17(22)28)16(26-27(18)20(2,3)4)12-6-8-13(21)9-7-12/h6-11H,5,21H2,1-4H3,(H2,22,28)(H,23,24,25). The van der Waals surface area contributed by atoms with E-state index in [0.29, 0.717) is 29.6 Å². The van der Waals surface area contributed by atoms with Crippen molar-refractivity contribution in [2.75, 3.05) is 17.7 Å². The second-order valence-corrected chi connectivity index (χ2v) is 7.42. The van der Waals surface area contributed by atoms with E-state index < -0.39 is 11.4 Å². The van der Waals surface area contributed by atoms with Crippen molar-refractivity contribution in [3.63, 3.8) is 0 Å². The van der Waals surface area contributed by atoms with Crippen molar-refractivity contribution in [2.45, 2.75) is 33.2 Å². The predicted molar refractivity (Wildman–Crippen MR) is 112 cm³/mol. The summed E-state index contributed by atoms with van der Waals surface area (Å²) < 4.78 is 7.08. The largest absolute Gasteiger partial charge is 0.464 e. The molecule has 0 saturated carbocycles. The summed E-state index contributed by atoms with van der Waals surface area (Å²) in [5.74, 6) is 0.298. The minimum absolute atomic E-state index is 0.235. The number of rotatable bonds is 6. The maximum Gasteiger partial charge on any atom is 0.318 e. The number of benzene rings is 1. The summed E-state index contributed by atoms with van der Waals surface area (Å²) in [5.41, 5.74) is 13.2. The third kappa shape index (κ3) is 4.29. The van der Waals surface area contributed by atoms with Crippen LogP contribution in [0.5, 0.6) is 6.01 Å². The molecular weight excluding hydrogens is 370 g/mol. The molecule has 0 aliphatic heterocycles. The van der Waals surface area contributed by atoms with Crippen molar-refractivity contribution in [3.8, 4) is 17.3 Å². The average molecular weight is 395 g/mol. The number of nitrogens with zero attached hydrogens (tertiary/aromatic N) is 4. The van der Waals surface area contributed by atoms with E-state index >= 15 is 0 Å². The van der Waals surface area contributed by atoms with Crippen LogP contribution in [0.15, 0.2) is 36.5 Å². The first-order chi connectivity index (χ1) is 13.7. The molecule has 0 aliphatic carbocycles. The molecule has 152 valence electrons. The number of amides is 1. The van der Waals surface area contributed by atoms with Gasteiger partial charge < -0.3 is 21.5 Å². The van der Waals surface area contributed by atoms with Crippen molar-refractivity contribution in [1.82, 2.24) is 19.7 Å². The Morgan fingerprint density at radius 3 is 2.48 bits per heavy atom. The highest BCUT2D eigenvalue weighted by Crippen LogP contribution is 2.34. The van der Waals surface area contributed by atoms with Crippen LogP contribution in [0.1, 0.15) is 38.1 Å². The first-order valence-electron chi connectivity index (χ1n) is 9.22. The SMILES string of the molecule is CCOc1nccc(Nc2c(C(N)=O)c(-c3ccc(N)cc3)nn2C(C)(C)C)n1. The van der Waals surface area contributed by atoms with E-state index in [-0.39, 0.29) is 11.6 Å². The lowest BCUT2D eigenvalue weighted by Crippen LogP contribution is -2.25. The highest BCUT2D eigenvalue weighted by Gasteiger charge is 2.29. The Bertz CT molecular complexity index is 1020. The van der Waals surface area contributed by atoms with E-state index in [9.17, 15) is 4.79 Å². The summed E-state index contributed by atoms with van der Waals surface area (Å²) in [6, 6.07) is 9.02. The number of aromatic nitrogens is 4. The second-order valence-electron chi connectivity index (χ2n) is 7.42.